The van der Waals surface area contributed by atoms with Crippen molar-refractivity contribution in [1.29, 1.82) is 0 Å². The van der Waals surface area contributed by atoms with Crippen LogP contribution in [0.15, 0.2) is 24.3 Å². The third-order valence-electron chi connectivity index (χ3n) is 2.30. The summed E-state index contributed by atoms with van der Waals surface area (Å²) in [6.07, 6.45) is 1.50. The largest absolute Gasteiger partial charge is 0.490 e. The van der Waals surface area contributed by atoms with Crippen molar-refractivity contribution in [3.8, 4) is 5.75 Å². The number of ether oxygens (including phenoxy) is 1. The minimum Gasteiger partial charge on any atom is -0.490 e. The molecule has 0 saturated carbocycles. The fraction of sp³-hybridized carbons (Fsp3) is 0.364. The predicted molar refractivity (Wildman–Crippen MR) is 76.0 cm³/mol. The molecule has 0 amide bonds. The number of carbonyl (C=O) groups is 1. The maximum absolute atomic E-state index is 10.7. The number of halogens is 3. The zero-order valence-corrected chi connectivity index (χ0v) is 13.0. The van der Waals surface area contributed by atoms with Crippen molar-refractivity contribution in [2.75, 3.05) is 0 Å². The lowest BCUT2D eigenvalue weighted by Gasteiger charge is -2.23. The van der Waals surface area contributed by atoms with E-state index >= 15 is 0 Å². The van der Waals surface area contributed by atoms with Crippen LogP contribution in [0.5, 0.6) is 5.75 Å². The van der Waals surface area contributed by atoms with E-state index in [2.05, 4.69) is 0 Å². The first-order valence-corrected chi connectivity index (χ1v) is 10.5. The monoisotopic (exact) mass is 326 g/mol. The molecule has 0 aliphatic rings. The molecule has 0 aliphatic carbocycles. The molecule has 1 N–H and O–H groups in total. The summed E-state index contributed by atoms with van der Waals surface area (Å²) in [5, 5.41) is 8.77. The molecule has 0 aliphatic heterocycles. The van der Waals surface area contributed by atoms with E-state index in [1.54, 1.807) is 12.1 Å². The summed E-state index contributed by atoms with van der Waals surface area (Å²) in [5.41, 5.74) is -0.233. The topological polar surface area (TPSA) is 46.5 Å². The van der Waals surface area contributed by atoms with Crippen LogP contribution in [-0.4, -0.2) is 22.8 Å². The average molecular weight is 328 g/mol. The van der Waals surface area contributed by atoms with Crippen LogP contribution in [0.2, 0.25) is 0 Å². The van der Waals surface area contributed by atoms with Gasteiger partial charge in [-0.25, -0.2) is 4.79 Å². The van der Waals surface area contributed by atoms with E-state index in [-0.39, 0.29) is 5.56 Å². The van der Waals surface area contributed by atoms with Crippen molar-refractivity contribution in [1.82, 2.24) is 0 Å². The van der Waals surface area contributed by atoms with Gasteiger partial charge >= 0.3 is 12.0 Å². The van der Waals surface area contributed by atoms with Crippen LogP contribution in [0.3, 0.4) is 0 Å². The first-order chi connectivity index (χ1) is 8.34. The Morgan fingerprint density at radius 2 is 1.89 bits per heavy atom. The van der Waals surface area contributed by atoms with Gasteiger partial charge in [0.2, 0.25) is 0 Å². The van der Waals surface area contributed by atoms with Crippen molar-refractivity contribution in [2.24, 2.45) is 0 Å². The lowest BCUT2D eigenvalue weighted by Crippen LogP contribution is -2.36. The molecule has 0 bridgehead atoms. The van der Waals surface area contributed by atoms with Gasteiger partial charge in [-0.2, -0.15) is 0 Å². The van der Waals surface area contributed by atoms with E-state index in [0.29, 0.717) is 12.2 Å². The number of aromatic carboxylic acids is 1. The zero-order valence-electron chi connectivity index (χ0n) is 9.70. The Balaban J connectivity index is 2.78. The second-order valence-corrected chi connectivity index (χ2v) is 12.6. The molecule has 1 aromatic carbocycles. The molecule has 1 rings (SSSR count). The number of rotatable bonds is 6. The second-order valence-electron chi connectivity index (χ2n) is 3.77. The highest BCUT2D eigenvalue weighted by atomic mass is 35.8. The molecule has 0 fully saturated rings. The normalized spacial score (nSPS) is 13.1. The number of benzene rings is 1. The van der Waals surface area contributed by atoms with E-state index in [4.69, 9.17) is 43.1 Å². The first kappa shape index (κ1) is 15.6. The van der Waals surface area contributed by atoms with E-state index in [1.165, 1.54) is 12.1 Å². The Labute approximate surface area is 121 Å². The first-order valence-electron chi connectivity index (χ1n) is 5.41. The quantitative estimate of drug-likeness (QED) is 0.631. The highest BCUT2D eigenvalue weighted by molar-refractivity contribution is 7.65. The molecule has 3 nitrogen and oxygen atoms in total. The van der Waals surface area contributed by atoms with Gasteiger partial charge in [0, 0.05) is 0 Å². The van der Waals surface area contributed by atoms with E-state index < -0.39 is 17.7 Å². The van der Waals surface area contributed by atoms with Gasteiger partial charge in [0.25, 0.3) is 0 Å². The molecule has 0 saturated heterocycles. The van der Waals surface area contributed by atoms with Crippen molar-refractivity contribution < 1.29 is 14.6 Å². The van der Waals surface area contributed by atoms with Crippen LogP contribution in [-0.2, 0) is 0 Å². The molecular weight excluding hydrogens is 315 g/mol. The molecule has 100 valence electrons. The van der Waals surface area contributed by atoms with Gasteiger partial charge in [-0.05, 0) is 30.7 Å². The van der Waals surface area contributed by atoms with E-state index in [9.17, 15) is 4.79 Å². The van der Waals surface area contributed by atoms with Gasteiger partial charge < -0.3 is 9.84 Å². The molecule has 7 heteroatoms. The lowest BCUT2D eigenvalue weighted by atomic mass is 10.2. The lowest BCUT2D eigenvalue weighted by molar-refractivity contribution is 0.0697. The minimum absolute atomic E-state index is 0.195. The van der Waals surface area contributed by atoms with Gasteiger partial charge in [0.05, 0.1) is 5.56 Å². The van der Waals surface area contributed by atoms with Gasteiger partial charge in [0.15, 0.2) is 0 Å². The summed E-state index contributed by atoms with van der Waals surface area (Å²) >= 11 is 17.9. The van der Waals surface area contributed by atoms with Crippen LogP contribution in [0.25, 0.3) is 0 Å². The van der Waals surface area contributed by atoms with Crippen molar-refractivity contribution in [3.05, 3.63) is 29.8 Å². The Morgan fingerprint density at radius 1 is 1.33 bits per heavy atom. The highest BCUT2D eigenvalue weighted by Gasteiger charge is 2.38. The van der Waals surface area contributed by atoms with Crippen molar-refractivity contribution >= 4 is 45.2 Å². The van der Waals surface area contributed by atoms with E-state index in [1.807, 2.05) is 6.92 Å². The molecule has 0 aromatic heterocycles. The Kier molecular flexibility index (Phi) is 5.78. The molecule has 1 unspecified atom stereocenters. The number of hydrogen-bond donors (Lipinski definition) is 1. The summed E-state index contributed by atoms with van der Waals surface area (Å²) in [5.74, 6) is -0.473. The average Bonchev–Trinajstić information content (AvgIpc) is 2.28. The Morgan fingerprint density at radius 3 is 2.28 bits per heavy atom. The minimum atomic E-state index is -2.95. The summed E-state index contributed by atoms with van der Waals surface area (Å²) in [7, 11) is 0. The fourth-order valence-corrected chi connectivity index (χ4v) is 3.66. The van der Waals surface area contributed by atoms with Gasteiger partial charge in [-0.1, -0.05) is 13.3 Å². The number of hydrogen-bond acceptors (Lipinski definition) is 2. The molecule has 0 heterocycles. The fourth-order valence-electron chi connectivity index (χ4n) is 1.39. The molecule has 0 spiro atoms. The third-order valence-corrected chi connectivity index (χ3v) is 5.62. The molecule has 1 atom stereocenters. The highest BCUT2D eigenvalue weighted by Crippen LogP contribution is 2.30. The van der Waals surface area contributed by atoms with Crippen molar-refractivity contribution in [3.63, 3.8) is 0 Å². The summed E-state index contributed by atoms with van der Waals surface area (Å²) in [6, 6.07) is 3.10. The van der Waals surface area contributed by atoms with Crippen LogP contribution in [0.4, 0.5) is 0 Å². The summed E-state index contributed by atoms with van der Waals surface area (Å²) in [6.45, 7) is 1.98. The maximum Gasteiger partial charge on any atom is 0.381 e. The molecule has 0 radical (unpaired) electrons. The van der Waals surface area contributed by atoms with E-state index in [0.717, 1.165) is 6.42 Å². The molecule has 1 aromatic rings. The number of carboxylic acid groups (broad SMARTS) is 1. The Hall–Kier alpha value is -0.423. The summed E-state index contributed by atoms with van der Waals surface area (Å²) in [4.78, 5) is 10.7. The predicted octanol–water partition coefficient (Wildman–Crippen LogP) is 4.13. The van der Waals surface area contributed by atoms with Crippen LogP contribution in [0, 0.1) is 0 Å². The molecular formula is C11H13Cl3O3Si. The van der Waals surface area contributed by atoms with Crippen LogP contribution >= 0.6 is 33.2 Å². The number of carboxylic acids is 1. The standard InChI is InChI=1S/C11H13Cl3O3Si/c1-2-3-10(18(12,13)14)17-9-6-4-8(5-7-9)11(15)16/h4-7,10H,2-3H2,1H3,(H,15,16). The van der Waals surface area contributed by atoms with Gasteiger partial charge in [-0.15, -0.1) is 33.2 Å². The smallest absolute Gasteiger partial charge is 0.381 e. The van der Waals surface area contributed by atoms with Crippen molar-refractivity contribution in [2.45, 2.75) is 25.5 Å². The van der Waals surface area contributed by atoms with Gasteiger partial charge in [-0.3, -0.25) is 0 Å². The van der Waals surface area contributed by atoms with Gasteiger partial charge in [0.1, 0.15) is 11.5 Å². The SMILES string of the molecule is CCCC(Oc1ccc(C(=O)O)cc1)[Si](Cl)(Cl)Cl. The maximum atomic E-state index is 10.7. The third kappa shape index (κ3) is 4.69. The van der Waals surface area contributed by atoms with Crippen LogP contribution < -0.4 is 4.74 Å². The second kappa shape index (κ2) is 6.66. The molecule has 18 heavy (non-hydrogen) atoms. The van der Waals surface area contributed by atoms with Crippen LogP contribution in [0.1, 0.15) is 30.1 Å². The summed E-state index contributed by atoms with van der Waals surface area (Å²) < 4.78 is 5.63. The zero-order chi connectivity index (χ0) is 13.8. The Bertz CT molecular complexity index is 403.